The molecule has 3 aliphatic rings. The Labute approximate surface area is 150 Å². The van der Waals surface area contributed by atoms with Crippen LogP contribution in [0, 0.1) is 0 Å². The second kappa shape index (κ2) is 6.56. The molecule has 4 heteroatoms. The normalized spacial score (nSPS) is 29.5. The summed E-state index contributed by atoms with van der Waals surface area (Å²) in [6, 6.07) is 6.43. The smallest absolute Gasteiger partial charge is 0.161 e. The number of hydrogen-bond acceptors (Lipinski definition) is 4. The fourth-order valence-corrected chi connectivity index (χ4v) is 4.86. The Morgan fingerprint density at radius 3 is 2.68 bits per heavy atom. The number of hydrogen-bond donors (Lipinski definition) is 1. The molecule has 1 saturated carbocycles. The van der Waals surface area contributed by atoms with Gasteiger partial charge in [0.25, 0.3) is 0 Å². The molecule has 1 N–H and O–H groups in total. The summed E-state index contributed by atoms with van der Waals surface area (Å²) in [6.45, 7) is 1.03. The summed E-state index contributed by atoms with van der Waals surface area (Å²) >= 11 is 0. The van der Waals surface area contributed by atoms with Gasteiger partial charge in [0.2, 0.25) is 0 Å². The molecule has 1 aliphatic heterocycles. The number of ether oxygens (including phenoxy) is 2. The van der Waals surface area contributed by atoms with Crippen molar-refractivity contribution >= 4 is 0 Å². The third-order valence-corrected chi connectivity index (χ3v) is 6.30. The third kappa shape index (κ3) is 2.91. The van der Waals surface area contributed by atoms with Gasteiger partial charge in [-0.3, -0.25) is 0 Å². The summed E-state index contributed by atoms with van der Waals surface area (Å²) in [6.07, 6.45) is 9.74. The van der Waals surface area contributed by atoms with Gasteiger partial charge >= 0.3 is 0 Å². The summed E-state index contributed by atoms with van der Waals surface area (Å²) in [7, 11) is 3.84. The summed E-state index contributed by atoms with van der Waals surface area (Å²) in [5.74, 6) is 1.70. The lowest BCUT2D eigenvalue weighted by Crippen LogP contribution is -2.33. The Bertz CT molecular complexity index is 665. The van der Waals surface area contributed by atoms with E-state index < -0.39 is 0 Å². The van der Waals surface area contributed by atoms with Gasteiger partial charge in [-0.2, -0.15) is 0 Å². The molecule has 25 heavy (non-hydrogen) atoms. The molecule has 0 unspecified atom stereocenters. The van der Waals surface area contributed by atoms with Gasteiger partial charge < -0.3 is 19.5 Å². The summed E-state index contributed by atoms with van der Waals surface area (Å²) in [5, 5.41) is 10.1. The Morgan fingerprint density at radius 2 is 1.92 bits per heavy atom. The first kappa shape index (κ1) is 16.8. The first-order valence-electron chi connectivity index (χ1n) is 9.59. The maximum atomic E-state index is 10.1. The summed E-state index contributed by atoms with van der Waals surface area (Å²) in [4.78, 5) is 2.30. The SMILES string of the molecule is COc1ccc([C@@]23CC[C@@H](O)C=C2N(C)CC3)cc1OC1CCCC1. The van der Waals surface area contributed by atoms with Gasteiger partial charge in [0.15, 0.2) is 11.5 Å². The van der Waals surface area contributed by atoms with Gasteiger partial charge in [-0.15, -0.1) is 0 Å². The van der Waals surface area contributed by atoms with Crippen LogP contribution in [-0.4, -0.2) is 42.9 Å². The molecule has 0 amide bonds. The number of fused-ring (bicyclic) bond motifs is 1. The van der Waals surface area contributed by atoms with Crippen molar-refractivity contribution < 1.29 is 14.6 Å². The van der Waals surface area contributed by atoms with Gasteiger partial charge in [0.1, 0.15) is 0 Å². The van der Waals surface area contributed by atoms with Crippen molar-refractivity contribution in [1.82, 2.24) is 4.90 Å². The van der Waals surface area contributed by atoms with Crippen LogP contribution < -0.4 is 9.47 Å². The highest BCUT2D eigenvalue weighted by atomic mass is 16.5. The fourth-order valence-electron chi connectivity index (χ4n) is 4.86. The van der Waals surface area contributed by atoms with Crippen LogP contribution in [0.1, 0.15) is 50.5 Å². The molecular weight excluding hydrogens is 314 g/mol. The van der Waals surface area contributed by atoms with E-state index in [-0.39, 0.29) is 11.5 Å². The molecule has 1 saturated heterocycles. The van der Waals surface area contributed by atoms with E-state index in [2.05, 4.69) is 36.2 Å². The Morgan fingerprint density at radius 1 is 1.12 bits per heavy atom. The molecule has 0 spiro atoms. The predicted octanol–water partition coefficient (Wildman–Crippen LogP) is 3.63. The van der Waals surface area contributed by atoms with Crippen LogP contribution in [0.2, 0.25) is 0 Å². The van der Waals surface area contributed by atoms with E-state index >= 15 is 0 Å². The van der Waals surface area contributed by atoms with Crippen LogP contribution in [0.5, 0.6) is 11.5 Å². The number of nitrogens with zero attached hydrogens (tertiary/aromatic N) is 1. The number of likely N-dealkylation sites (N-methyl/N-ethyl adjacent to an activating group) is 1. The zero-order valence-electron chi connectivity index (χ0n) is 15.3. The zero-order chi connectivity index (χ0) is 17.4. The second-order valence-electron chi connectivity index (χ2n) is 7.80. The number of aliphatic hydroxyl groups is 1. The molecule has 0 radical (unpaired) electrons. The van der Waals surface area contributed by atoms with Gasteiger partial charge in [-0.1, -0.05) is 6.07 Å². The van der Waals surface area contributed by atoms with E-state index in [1.807, 2.05) is 0 Å². The lowest BCUT2D eigenvalue weighted by Gasteiger charge is -2.37. The molecule has 0 bridgehead atoms. The Hall–Kier alpha value is -1.68. The maximum absolute atomic E-state index is 10.1. The summed E-state index contributed by atoms with van der Waals surface area (Å²) < 4.78 is 11.9. The highest BCUT2D eigenvalue weighted by molar-refractivity contribution is 5.49. The van der Waals surface area contributed by atoms with Gasteiger partial charge in [0.05, 0.1) is 19.3 Å². The lowest BCUT2D eigenvalue weighted by molar-refractivity contribution is 0.180. The van der Waals surface area contributed by atoms with E-state index in [4.69, 9.17) is 9.47 Å². The van der Waals surface area contributed by atoms with Gasteiger partial charge in [0, 0.05) is 24.7 Å². The highest BCUT2D eigenvalue weighted by Gasteiger charge is 2.45. The third-order valence-electron chi connectivity index (χ3n) is 6.30. The molecule has 4 rings (SSSR count). The Kier molecular flexibility index (Phi) is 4.40. The van der Waals surface area contributed by atoms with E-state index in [0.29, 0.717) is 6.10 Å². The van der Waals surface area contributed by atoms with E-state index in [1.165, 1.54) is 24.1 Å². The summed E-state index contributed by atoms with van der Waals surface area (Å²) in [5.41, 5.74) is 2.57. The van der Waals surface area contributed by atoms with Crippen molar-refractivity contribution in [2.75, 3.05) is 20.7 Å². The average Bonchev–Trinajstić information content (AvgIpc) is 3.24. The first-order valence-corrected chi connectivity index (χ1v) is 9.59. The number of aliphatic hydroxyl groups excluding tert-OH is 1. The average molecular weight is 343 g/mol. The molecule has 1 heterocycles. The molecule has 2 atom stereocenters. The minimum Gasteiger partial charge on any atom is -0.493 e. The molecule has 2 aliphatic carbocycles. The monoisotopic (exact) mass is 343 g/mol. The van der Waals surface area contributed by atoms with Gasteiger partial charge in [-0.25, -0.2) is 0 Å². The van der Waals surface area contributed by atoms with Crippen LogP contribution in [-0.2, 0) is 5.41 Å². The first-order chi connectivity index (χ1) is 12.1. The van der Waals surface area contributed by atoms with Crippen molar-refractivity contribution in [2.45, 2.75) is 62.6 Å². The maximum Gasteiger partial charge on any atom is 0.161 e. The largest absolute Gasteiger partial charge is 0.493 e. The van der Waals surface area contributed by atoms with E-state index in [9.17, 15) is 5.11 Å². The molecule has 136 valence electrons. The van der Waals surface area contributed by atoms with Crippen molar-refractivity contribution in [3.8, 4) is 11.5 Å². The van der Waals surface area contributed by atoms with Crippen LogP contribution >= 0.6 is 0 Å². The fraction of sp³-hybridized carbons (Fsp3) is 0.619. The molecule has 4 nitrogen and oxygen atoms in total. The van der Waals surface area contributed by atoms with Crippen LogP contribution in [0.15, 0.2) is 30.0 Å². The number of methoxy groups -OCH3 is 1. The quantitative estimate of drug-likeness (QED) is 0.906. The zero-order valence-corrected chi connectivity index (χ0v) is 15.3. The second-order valence-corrected chi connectivity index (χ2v) is 7.80. The van der Waals surface area contributed by atoms with Crippen LogP contribution in [0.3, 0.4) is 0 Å². The molecule has 0 aromatic heterocycles. The van der Waals surface area contributed by atoms with Crippen LogP contribution in [0.4, 0.5) is 0 Å². The molecular formula is C21H29NO3. The van der Waals surface area contributed by atoms with Crippen molar-refractivity contribution in [2.24, 2.45) is 0 Å². The number of allylic oxidation sites excluding steroid dienone is 1. The highest BCUT2D eigenvalue weighted by Crippen LogP contribution is 2.50. The minimum atomic E-state index is -0.323. The number of rotatable bonds is 4. The molecule has 1 aromatic rings. The predicted molar refractivity (Wildman–Crippen MR) is 98.1 cm³/mol. The van der Waals surface area contributed by atoms with Crippen LogP contribution in [0.25, 0.3) is 0 Å². The van der Waals surface area contributed by atoms with Gasteiger partial charge in [-0.05, 0) is 68.7 Å². The van der Waals surface area contributed by atoms with Crippen molar-refractivity contribution in [3.63, 3.8) is 0 Å². The lowest BCUT2D eigenvalue weighted by atomic mass is 9.70. The minimum absolute atomic E-state index is 0.00797. The van der Waals surface area contributed by atoms with E-state index in [0.717, 1.165) is 50.1 Å². The standard InChI is InChI=1S/C21H29NO3/c1-22-12-11-21(10-9-16(23)14-20(21)22)15-7-8-18(24-2)19(13-15)25-17-5-3-4-6-17/h7-8,13-14,16-17,23H,3-6,9-12H2,1-2H3/t16-,21+/m1/s1. The number of benzene rings is 1. The number of likely N-dealkylation sites (tertiary alicyclic amines) is 1. The Balaban J connectivity index is 1.71. The molecule has 1 aromatic carbocycles. The topological polar surface area (TPSA) is 41.9 Å². The van der Waals surface area contributed by atoms with E-state index in [1.54, 1.807) is 7.11 Å². The molecule has 2 fully saturated rings. The van der Waals surface area contributed by atoms with Crippen molar-refractivity contribution in [1.29, 1.82) is 0 Å². The van der Waals surface area contributed by atoms with Crippen molar-refractivity contribution in [3.05, 3.63) is 35.5 Å².